The van der Waals surface area contributed by atoms with Crippen LogP contribution in [-0.2, 0) is 6.54 Å². The Morgan fingerprint density at radius 2 is 1.82 bits per heavy atom. The molecule has 0 amide bonds. The minimum Gasteiger partial charge on any atom is -0.317 e. The largest absolute Gasteiger partial charge is 0.317 e. The van der Waals surface area contributed by atoms with Gasteiger partial charge in [0.2, 0.25) is 0 Å². The van der Waals surface area contributed by atoms with E-state index in [1.165, 1.54) is 18.4 Å². The summed E-state index contributed by atoms with van der Waals surface area (Å²) < 4.78 is 1.15. The highest BCUT2D eigenvalue weighted by Crippen LogP contribution is 2.15. The third-order valence-corrected chi connectivity index (χ3v) is 3.81. The van der Waals surface area contributed by atoms with E-state index in [1.807, 2.05) is 0 Å². The van der Waals surface area contributed by atoms with Crippen molar-refractivity contribution in [2.75, 3.05) is 20.1 Å². The van der Waals surface area contributed by atoms with Gasteiger partial charge >= 0.3 is 0 Å². The van der Waals surface area contributed by atoms with E-state index in [4.69, 9.17) is 0 Å². The van der Waals surface area contributed by atoms with Gasteiger partial charge in [-0.2, -0.15) is 0 Å². The predicted octanol–water partition coefficient (Wildman–Crippen LogP) is 3.05. The zero-order valence-corrected chi connectivity index (χ0v) is 12.6. The maximum absolute atomic E-state index is 3.47. The highest BCUT2D eigenvalue weighted by Gasteiger charge is 2.17. The second-order valence-electron chi connectivity index (χ2n) is 4.52. The van der Waals surface area contributed by atoms with E-state index in [2.05, 4.69) is 57.5 Å². The lowest BCUT2D eigenvalue weighted by Gasteiger charge is -2.31. The molecule has 0 radical (unpaired) electrons. The van der Waals surface area contributed by atoms with Gasteiger partial charge < -0.3 is 5.32 Å². The Morgan fingerprint density at radius 3 is 2.41 bits per heavy atom. The topological polar surface area (TPSA) is 15.3 Å². The number of hydrogen-bond donors (Lipinski definition) is 1. The van der Waals surface area contributed by atoms with Gasteiger partial charge in [-0.05, 0) is 50.7 Å². The first-order chi connectivity index (χ1) is 7.75. The third kappa shape index (κ3) is 4.59. The van der Waals surface area contributed by atoms with E-state index in [0.717, 1.165) is 30.1 Å². The molecule has 4 heteroatoms. The molecule has 17 heavy (non-hydrogen) atoms. The van der Waals surface area contributed by atoms with Crippen LogP contribution in [0.25, 0.3) is 0 Å². The SMILES string of the molecule is CN(Cc1ccc(Br)cc1)C1CCNCC1.Cl. The van der Waals surface area contributed by atoms with Crippen LogP contribution in [0.5, 0.6) is 0 Å². The monoisotopic (exact) mass is 318 g/mol. The van der Waals surface area contributed by atoms with Gasteiger partial charge in [0, 0.05) is 17.1 Å². The van der Waals surface area contributed by atoms with E-state index in [-0.39, 0.29) is 12.4 Å². The predicted molar refractivity (Wildman–Crippen MR) is 78.7 cm³/mol. The zero-order chi connectivity index (χ0) is 11.4. The Hall–Kier alpha value is -0.0900. The number of piperidine rings is 1. The van der Waals surface area contributed by atoms with E-state index >= 15 is 0 Å². The van der Waals surface area contributed by atoms with E-state index in [0.29, 0.717) is 0 Å². The molecule has 1 aliphatic rings. The maximum atomic E-state index is 3.47. The Balaban J connectivity index is 0.00000144. The Morgan fingerprint density at radius 1 is 1.24 bits per heavy atom. The lowest BCUT2D eigenvalue weighted by atomic mass is 10.0. The van der Waals surface area contributed by atoms with Gasteiger partial charge in [-0.25, -0.2) is 0 Å². The van der Waals surface area contributed by atoms with Crippen molar-refractivity contribution in [3.63, 3.8) is 0 Å². The summed E-state index contributed by atoms with van der Waals surface area (Å²) in [5.41, 5.74) is 1.39. The van der Waals surface area contributed by atoms with Crippen molar-refractivity contribution in [1.29, 1.82) is 0 Å². The summed E-state index contributed by atoms with van der Waals surface area (Å²) in [4.78, 5) is 2.48. The van der Waals surface area contributed by atoms with Gasteiger partial charge in [-0.15, -0.1) is 12.4 Å². The first-order valence-electron chi connectivity index (χ1n) is 5.91. The number of hydrogen-bond acceptors (Lipinski definition) is 2. The molecule has 2 nitrogen and oxygen atoms in total. The summed E-state index contributed by atoms with van der Waals surface area (Å²) in [5, 5.41) is 3.41. The van der Waals surface area contributed by atoms with E-state index < -0.39 is 0 Å². The maximum Gasteiger partial charge on any atom is 0.0233 e. The number of rotatable bonds is 3. The van der Waals surface area contributed by atoms with Crippen LogP contribution in [0, 0.1) is 0 Å². The summed E-state index contributed by atoms with van der Waals surface area (Å²) in [5.74, 6) is 0. The summed E-state index contributed by atoms with van der Waals surface area (Å²) in [6.45, 7) is 3.38. The minimum absolute atomic E-state index is 0. The average molecular weight is 320 g/mol. The first kappa shape index (κ1) is 15.0. The van der Waals surface area contributed by atoms with Gasteiger partial charge in [-0.1, -0.05) is 28.1 Å². The van der Waals surface area contributed by atoms with Crippen molar-refractivity contribution in [2.24, 2.45) is 0 Å². The molecule has 1 heterocycles. The van der Waals surface area contributed by atoms with Crippen LogP contribution in [0.1, 0.15) is 18.4 Å². The molecule has 1 saturated heterocycles. The number of benzene rings is 1. The van der Waals surface area contributed by atoms with Crippen molar-refractivity contribution in [3.05, 3.63) is 34.3 Å². The second kappa shape index (κ2) is 7.37. The van der Waals surface area contributed by atoms with Gasteiger partial charge in [-0.3, -0.25) is 4.90 Å². The number of nitrogens with zero attached hydrogens (tertiary/aromatic N) is 1. The Bertz CT molecular complexity index is 323. The van der Waals surface area contributed by atoms with Gasteiger partial charge in [0.05, 0.1) is 0 Å². The fourth-order valence-electron chi connectivity index (χ4n) is 2.25. The average Bonchev–Trinajstić information content (AvgIpc) is 2.33. The molecule has 0 bridgehead atoms. The molecule has 1 fully saturated rings. The molecule has 96 valence electrons. The standard InChI is InChI=1S/C13H19BrN2.ClH/c1-16(13-6-8-15-9-7-13)10-11-2-4-12(14)5-3-11;/h2-5,13,15H,6-10H2,1H3;1H. The number of halogens is 2. The molecule has 0 atom stereocenters. The fraction of sp³-hybridized carbons (Fsp3) is 0.538. The summed E-state index contributed by atoms with van der Waals surface area (Å²) in [7, 11) is 2.23. The molecule has 0 aromatic heterocycles. The van der Waals surface area contributed by atoms with E-state index in [1.54, 1.807) is 0 Å². The lowest BCUT2D eigenvalue weighted by molar-refractivity contribution is 0.192. The molecule has 1 aromatic rings. The Labute approximate surface area is 118 Å². The summed E-state index contributed by atoms with van der Waals surface area (Å²) in [6.07, 6.45) is 2.54. The highest BCUT2D eigenvalue weighted by atomic mass is 79.9. The van der Waals surface area contributed by atoms with E-state index in [9.17, 15) is 0 Å². The number of nitrogens with one attached hydrogen (secondary N) is 1. The zero-order valence-electron chi connectivity index (χ0n) is 10.2. The molecular formula is C13H20BrClN2. The molecule has 1 aromatic carbocycles. The van der Waals surface area contributed by atoms with Crippen LogP contribution < -0.4 is 5.32 Å². The quantitative estimate of drug-likeness (QED) is 0.921. The summed E-state index contributed by atoms with van der Waals surface area (Å²) >= 11 is 3.47. The van der Waals surface area contributed by atoms with Gasteiger partial charge in [0.15, 0.2) is 0 Å². The van der Waals surface area contributed by atoms with Crippen LogP contribution in [0.15, 0.2) is 28.7 Å². The van der Waals surface area contributed by atoms with Crippen molar-refractivity contribution in [2.45, 2.75) is 25.4 Å². The molecule has 1 N–H and O–H groups in total. The first-order valence-corrected chi connectivity index (χ1v) is 6.70. The van der Waals surface area contributed by atoms with Crippen LogP contribution in [0.4, 0.5) is 0 Å². The lowest BCUT2D eigenvalue weighted by Crippen LogP contribution is -2.40. The van der Waals surface area contributed by atoms with Crippen LogP contribution in [-0.4, -0.2) is 31.1 Å². The van der Waals surface area contributed by atoms with Crippen LogP contribution >= 0.6 is 28.3 Å². The third-order valence-electron chi connectivity index (χ3n) is 3.28. The van der Waals surface area contributed by atoms with Crippen molar-refractivity contribution >= 4 is 28.3 Å². The second-order valence-corrected chi connectivity index (χ2v) is 5.44. The molecule has 0 spiro atoms. The van der Waals surface area contributed by atoms with Crippen molar-refractivity contribution in [3.8, 4) is 0 Å². The molecule has 1 aliphatic heterocycles. The minimum atomic E-state index is 0. The molecular weight excluding hydrogens is 300 g/mol. The molecule has 0 saturated carbocycles. The van der Waals surface area contributed by atoms with Crippen molar-refractivity contribution in [1.82, 2.24) is 10.2 Å². The van der Waals surface area contributed by atoms with Gasteiger partial charge in [0.25, 0.3) is 0 Å². The van der Waals surface area contributed by atoms with Crippen LogP contribution in [0.2, 0.25) is 0 Å². The van der Waals surface area contributed by atoms with Crippen molar-refractivity contribution < 1.29 is 0 Å². The Kier molecular flexibility index (Phi) is 6.49. The summed E-state index contributed by atoms with van der Waals surface area (Å²) in [6, 6.07) is 9.37. The normalized spacial score (nSPS) is 16.9. The fourth-order valence-corrected chi connectivity index (χ4v) is 2.52. The smallest absolute Gasteiger partial charge is 0.0233 e. The van der Waals surface area contributed by atoms with Gasteiger partial charge in [0.1, 0.15) is 0 Å². The molecule has 2 rings (SSSR count). The molecule has 0 aliphatic carbocycles. The van der Waals surface area contributed by atoms with Crippen LogP contribution in [0.3, 0.4) is 0 Å². The highest BCUT2D eigenvalue weighted by molar-refractivity contribution is 9.10. The molecule has 0 unspecified atom stereocenters.